The Labute approximate surface area is 122 Å². The molecule has 4 heteroatoms. The van der Waals surface area contributed by atoms with Gasteiger partial charge in [-0.05, 0) is 30.7 Å². The number of aromatic nitrogens is 2. The van der Waals surface area contributed by atoms with Gasteiger partial charge in [0, 0.05) is 10.6 Å². The van der Waals surface area contributed by atoms with Crippen molar-refractivity contribution < 1.29 is 0 Å². The molecule has 0 spiro atoms. The van der Waals surface area contributed by atoms with Crippen molar-refractivity contribution in [1.82, 2.24) is 9.78 Å². The molecule has 1 aromatic heterocycles. The molecule has 0 amide bonds. The lowest BCUT2D eigenvalue weighted by molar-refractivity contribution is 0.876. The molecule has 20 heavy (non-hydrogen) atoms. The Kier molecular flexibility index (Phi) is 3.20. The molecule has 0 fully saturated rings. The Hall–Kier alpha value is -2.26. The van der Waals surface area contributed by atoms with Crippen molar-refractivity contribution in [2.24, 2.45) is 0 Å². The molecule has 1 heterocycles. The summed E-state index contributed by atoms with van der Waals surface area (Å²) in [5.41, 5.74) is 10.6. The first kappa shape index (κ1) is 12.8. The van der Waals surface area contributed by atoms with Gasteiger partial charge in [0.15, 0.2) is 0 Å². The second-order valence-electron chi connectivity index (χ2n) is 4.67. The fourth-order valence-corrected chi connectivity index (χ4v) is 2.29. The van der Waals surface area contributed by atoms with E-state index in [1.165, 1.54) is 0 Å². The zero-order chi connectivity index (χ0) is 14.1. The third-order valence-corrected chi connectivity index (χ3v) is 3.47. The fourth-order valence-electron chi connectivity index (χ4n) is 2.16. The summed E-state index contributed by atoms with van der Waals surface area (Å²) >= 11 is 5.90. The van der Waals surface area contributed by atoms with Crippen LogP contribution in [0.2, 0.25) is 5.02 Å². The topological polar surface area (TPSA) is 43.8 Å². The van der Waals surface area contributed by atoms with Crippen molar-refractivity contribution in [1.29, 1.82) is 0 Å². The second-order valence-corrected chi connectivity index (χ2v) is 5.11. The van der Waals surface area contributed by atoms with Gasteiger partial charge in [-0.1, -0.05) is 41.9 Å². The maximum atomic E-state index is 6.08. The molecular formula is C16H14ClN3. The number of benzene rings is 2. The van der Waals surface area contributed by atoms with E-state index >= 15 is 0 Å². The van der Waals surface area contributed by atoms with E-state index in [0.29, 0.717) is 10.7 Å². The zero-order valence-corrected chi connectivity index (χ0v) is 11.8. The van der Waals surface area contributed by atoms with Crippen molar-refractivity contribution in [3.05, 3.63) is 65.3 Å². The summed E-state index contributed by atoms with van der Waals surface area (Å²) in [4.78, 5) is 0. The lowest BCUT2D eigenvalue weighted by atomic mass is 10.1. The van der Waals surface area contributed by atoms with Crippen molar-refractivity contribution in [2.45, 2.75) is 6.92 Å². The largest absolute Gasteiger partial charge is 0.396 e. The Morgan fingerprint density at radius 2 is 1.75 bits per heavy atom. The summed E-state index contributed by atoms with van der Waals surface area (Å²) in [5.74, 6) is 0. The Bertz CT molecular complexity index is 745. The highest BCUT2D eigenvalue weighted by molar-refractivity contribution is 6.30. The van der Waals surface area contributed by atoms with Crippen LogP contribution in [-0.2, 0) is 0 Å². The van der Waals surface area contributed by atoms with Gasteiger partial charge in [0.2, 0.25) is 0 Å². The second kappa shape index (κ2) is 5.02. The van der Waals surface area contributed by atoms with Crippen LogP contribution >= 0.6 is 11.6 Å². The highest BCUT2D eigenvalue weighted by Crippen LogP contribution is 2.27. The number of anilines is 1. The van der Waals surface area contributed by atoms with Gasteiger partial charge in [-0.3, -0.25) is 0 Å². The number of aryl methyl sites for hydroxylation is 1. The zero-order valence-electron chi connectivity index (χ0n) is 11.0. The van der Waals surface area contributed by atoms with E-state index in [9.17, 15) is 0 Å². The maximum absolute atomic E-state index is 6.08. The van der Waals surface area contributed by atoms with Crippen LogP contribution in [0.3, 0.4) is 0 Å². The van der Waals surface area contributed by atoms with E-state index in [-0.39, 0.29) is 0 Å². The minimum absolute atomic E-state index is 0.649. The van der Waals surface area contributed by atoms with Gasteiger partial charge in [0.1, 0.15) is 5.69 Å². The molecule has 3 nitrogen and oxygen atoms in total. The van der Waals surface area contributed by atoms with E-state index in [1.807, 2.05) is 53.3 Å². The minimum Gasteiger partial charge on any atom is -0.396 e. The van der Waals surface area contributed by atoms with Crippen LogP contribution < -0.4 is 5.73 Å². The summed E-state index contributed by atoms with van der Waals surface area (Å²) in [5, 5.41) is 5.29. The van der Waals surface area contributed by atoms with Gasteiger partial charge in [-0.25, -0.2) is 4.68 Å². The van der Waals surface area contributed by atoms with E-state index in [2.05, 4.69) is 18.1 Å². The highest BCUT2D eigenvalue weighted by atomic mass is 35.5. The first-order valence-corrected chi connectivity index (χ1v) is 6.70. The van der Waals surface area contributed by atoms with E-state index in [4.69, 9.17) is 17.3 Å². The van der Waals surface area contributed by atoms with Crippen LogP contribution in [0.15, 0.2) is 54.7 Å². The van der Waals surface area contributed by atoms with Crippen LogP contribution in [0.1, 0.15) is 5.56 Å². The maximum Gasteiger partial charge on any atom is 0.116 e. The van der Waals surface area contributed by atoms with Gasteiger partial charge in [0.05, 0.1) is 17.6 Å². The average Bonchev–Trinajstić information content (AvgIpc) is 2.82. The molecule has 100 valence electrons. The minimum atomic E-state index is 0.649. The average molecular weight is 284 g/mol. The number of nitrogens with zero attached hydrogens (tertiary/aromatic N) is 2. The summed E-state index contributed by atoms with van der Waals surface area (Å²) in [6, 6.07) is 15.6. The number of rotatable bonds is 2. The van der Waals surface area contributed by atoms with Crippen molar-refractivity contribution in [2.75, 3.05) is 5.73 Å². The molecule has 0 atom stereocenters. The molecule has 0 aliphatic carbocycles. The van der Waals surface area contributed by atoms with Crippen LogP contribution in [-0.4, -0.2) is 9.78 Å². The first-order valence-electron chi connectivity index (χ1n) is 6.32. The molecule has 0 aliphatic rings. The van der Waals surface area contributed by atoms with E-state index in [1.54, 1.807) is 0 Å². The molecule has 0 radical (unpaired) electrons. The Morgan fingerprint density at radius 3 is 2.45 bits per heavy atom. The monoisotopic (exact) mass is 283 g/mol. The Balaban J connectivity index is 2.08. The molecule has 0 bridgehead atoms. The standard InChI is InChI=1S/C16H14ClN3/c1-11-4-2-3-5-15(11)20-10-14(18)16(19-20)12-6-8-13(17)9-7-12/h2-10H,18H2,1H3. The van der Waals surface area contributed by atoms with Crippen LogP contribution in [0.5, 0.6) is 0 Å². The van der Waals surface area contributed by atoms with E-state index in [0.717, 1.165) is 22.5 Å². The third-order valence-electron chi connectivity index (χ3n) is 3.22. The fraction of sp³-hybridized carbons (Fsp3) is 0.0625. The van der Waals surface area contributed by atoms with Gasteiger partial charge in [0.25, 0.3) is 0 Å². The number of para-hydroxylation sites is 1. The van der Waals surface area contributed by atoms with Gasteiger partial charge >= 0.3 is 0 Å². The van der Waals surface area contributed by atoms with Crippen molar-refractivity contribution in [3.8, 4) is 16.9 Å². The summed E-state index contributed by atoms with van der Waals surface area (Å²) in [6.07, 6.45) is 1.84. The normalized spacial score (nSPS) is 10.7. The third kappa shape index (κ3) is 2.28. The van der Waals surface area contributed by atoms with Gasteiger partial charge in [-0.15, -0.1) is 0 Å². The Morgan fingerprint density at radius 1 is 1.05 bits per heavy atom. The van der Waals surface area contributed by atoms with Crippen LogP contribution in [0.4, 0.5) is 5.69 Å². The number of hydrogen-bond donors (Lipinski definition) is 1. The first-order chi connectivity index (χ1) is 9.65. The van der Waals surface area contributed by atoms with Gasteiger partial charge in [-0.2, -0.15) is 5.10 Å². The van der Waals surface area contributed by atoms with Crippen LogP contribution in [0, 0.1) is 6.92 Å². The lowest BCUT2D eigenvalue weighted by Crippen LogP contribution is -1.97. The SMILES string of the molecule is Cc1ccccc1-n1cc(N)c(-c2ccc(Cl)cc2)n1. The van der Waals surface area contributed by atoms with Gasteiger partial charge < -0.3 is 5.73 Å². The molecule has 3 rings (SSSR count). The summed E-state index contributed by atoms with van der Waals surface area (Å²) < 4.78 is 1.81. The molecule has 0 saturated heterocycles. The number of halogens is 1. The summed E-state index contributed by atoms with van der Waals surface area (Å²) in [7, 11) is 0. The van der Waals surface area contributed by atoms with Crippen molar-refractivity contribution in [3.63, 3.8) is 0 Å². The molecule has 2 N–H and O–H groups in total. The number of hydrogen-bond acceptors (Lipinski definition) is 2. The highest BCUT2D eigenvalue weighted by Gasteiger charge is 2.10. The molecule has 3 aromatic rings. The predicted molar refractivity (Wildman–Crippen MR) is 83.2 cm³/mol. The molecule has 0 unspecified atom stereocenters. The molecule has 0 saturated carbocycles. The number of nitrogens with two attached hydrogens (primary N) is 1. The number of nitrogen functional groups attached to an aromatic ring is 1. The lowest BCUT2D eigenvalue weighted by Gasteiger charge is -2.04. The molecule has 2 aromatic carbocycles. The quantitative estimate of drug-likeness (QED) is 0.770. The van der Waals surface area contributed by atoms with E-state index < -0.39 is 0 Å². The predicted octanol–water partition coefficient (Wildman–Crippen LogP) is 4.08. The van der Waals surface area contributed by atoms with Crippen molar-refractivity contribution >= 4 is 17.3 Å². The smallest absolute Gasteiger partial charge is 0.116 e. The van der Waals surface area contributed by atoms with Crippen LogP contribution in [0.25, 0.3) is 16.9 Å². The molecule has 0 aliphatic heterocycles. The molecular weight excluding hydrogens is 270 g/mol. The summed E-state index contributed by atoms with van der Waals surface area (Å²) in [6.45, 7) is 2.05.